The van der Waals surface area contributed by atoms with Gasteiger partial charge in [0.1, 0.15) is 5.65 Å². The van der Waals surface area contributed by atoms with E-state index in [-0.39, 0.29) is 5.91 Å². The Morgan fingerprint density at radius 3 is 2.81 bits per heavy atom. The van der Waals surface area contributed by atoms with Gasteiger partial charge in [0.25, 0.3) is 5.91 Å². The molecule has 3 N–H and O–H groups in total. The number of carbonyl (C=O) groups excluding carboxylic acids is 1. The molecule has 0 unspecified atom stereocenters. The Kier molecular flexibility index (Phi) is 3.55. The number of rotatable bonds is 4. The number of nitrogens with one attached hydrogen (secondary N) is 3. The summed E-state index contributed by atoms with van der Waals surface area (Å²) in [6.45, 7) is 0.699. The summed E-state index contributed by atoms with van der Waals surface area (Å²) < 4.78 is 0. The van der Waals surface area contributed by atoms with Gasteiger partial charge >= 0.3 is 0 Å². The van der Waals surface area contributed by atoms with Gasteiger partial charge in [0.15, 0.2) is 0 Å². The van der Waals surface area contributed by atoms with Crippen molar-refractivity contribution in [2.24, 2.45) is 0 Å². The van der Waals surface area contributed by atoms with Crippen molar-refractivity contribution in [3.05, 3.63) is 59.9 Å². The second kappa shape index (κ2) is 5.66. The highest BCUT2D eigenvalue weighted by Crippen LogP contribution is 2.17. The van der Waals surface area contributed by atoms with E-state index >= 15 is 0 Å². The van der Waals surface area contributed by atoms with Gasteiger partial charge in [0.2, 0.25) is 0 Å². The Hall–Kier alpha value is -2.82. The molecule has 5 nitrogen and oxygen atoms in total. The van der Waals surface area contributed by atoms with Gasteiger partial charge < -0.3 is 15.6 Å². The van der Waals surface area contributed by atoms with Crippen LogP contribution in [0.4, 0.5) is 5.69 Å². The maximum Gasteiger partial charge on any atom is 0.251 e. The smallest absolute Gasteiger partial charge is 0.251 e. The third kappa shape index (κ3) is 2.72. The molecule has 0 fully saturated rings. The number of aromatic nitrogens is 2. The highest BCUT2D eigenvalue weighted by Gasteiger charge is 2.05. The number of aromatic amines is 1. The van der Waals surface area contributed by atoms with Crippen molar-refractivity contribution in [1.82, 2.24) is 15.3 Å². The number of amides is 1. The number of carbonyl (C=O) groups is 1. The van der Waals surface area contributed by atoms with Crippen LogP contribution in [0, 0.1) is 0 Å². The molecule has 106 valence electrons. The van der Waals surface area contributed by atoms with Crippen molar-refractivity contribution in [1.29, 1.82) is 0 Å². The zero-order chi connectivity index (χ0) is 14.7. The van der Waals surface area contributed by atoms with E-state index in [1.807, 2.05) is 30.5 Å². The summed E-state index contributed by atoms with van der Waals surface area (Å²) in [6, 6.07) is 11.4. The monoisotopic (exact) mass is 280 g/mol. The van der Waals surface area contributed by atoms with Crippen LogP contribution in [-0.2, 0) is 6.54 Å². The lowest BCUT2D eigenvalue weighted by Gasteiger charge is -2.06. The molecule has 21 heavy (non-hydrogen) atoms. The normalized spacial score (nSPS) is 10.5. The maximum absolute atomic E-state index is 11.5. The fourth-order valence-corrected chi connectivity index (χ4v) is 2.24. The Morgan fingerprint density at radius 1 is 1.24 bits per heavy atom. The quantitative estimate of drug-likeness (QED) is 0.688. The Morgan fingerprint density at radius 2 is 2.05 bits per heavy atom. The fourth-order valence-electron chi connectivity index (χ4n) is 2.24. The van der Waals surface area contributed by atoms with Crippen molar-refractivity contribution in [2.45, 2.75) is 6.54 Å². The topological polar surface area (TPSA) is 69.8 Å². The summed E-state index contributed by atoms with van der Waals surface area (Å²) in [5, 5.41) is 7.07. The largest absolute Gasteiger partial charge is 0.381 e. The number of hydrogen-bond donors (Lipinski definition) is 3. The predicted octanol–water partition coefficient (Wildman–Crippen LogP) is 2.53. The van der Waals surface area contributed by atoms with Crippen LogP contribution in [0.1, 0.15) is 15.9 Å². The van der Waals surface area contributed by atoms with E-state index in [2.05, 4.69) is 20.6 Å². The number of benzene rings is 1. The number of nitrogens with zero attached hydrogens (tertiary/aromatic N) is 1. The lowest BCUT2D eigenvalue weighted by Crippen LogP contribution is -2.17. The minimum absolute atomic E-state index is 0.0794. The predicted molar refractivity (Wildman–Crippen MR) is 83.3 cm³/mol. The molecule has 5 heteroatoms. The molecule has 0 aliphatic rings. The summed E-state index contributed by atoms with van der Waals surface area (Å²) in [5.41, 5.74) is 3.68. The average Bonchev–Trinajstić information content (AvgIpc) is 2.96. The van der Waals surface area contributed by atoms with Crippen molar-refractivity contribution < 1.29 is 4.79 Å². The standard InChI is InChI=1S/C16H16N4O/c1-17-16(21)11-4-6-13(7-5-11)19-9-12-10-20-15-14(12)3-2-8-18-15/h2-8,10,19H,9H2,1H3,(H,17,21)(H,18,20). The molecule has 1 aromatic carbocycles. The first kappa shape index (κ1) is 13.2. The molecule has 0 aliphatic heterocycles. The van der Waals surface area contributed by atoms with Gasteiger partial charge in [-0.2, -0.15) is 0 Å². The van der Waals surface area contributed by atoms with E-state index in [0.29, 0.717) is 12.1 Å². The first-order valence-electron chi connectivity index (χ1n) is 6.75. The first-order valence-corrected chi connectivity index (χ1v) is 6.75. The molecule has 2 heterocycles. The van der Waals surface area contributed by atoms with E-state index in [0.717, 1.165) is 22.3 Å². The maximum atomic E-state index is 11.5. The molecular weight excluding hydrogens is 264 g/mol. The molecule has 3 rings (SSSR count). The van der Waals surface area contributed by atoms with Crippen LogP contribution in [-0.4, -0.2) is 22.9 Å². The number of fused-ring (bicyclic) bond motifs is 1. The number of H-pyrrole nitrogens is 1. The molecule has 0 aliphatic carbocycles. The van der Waals surface area contributed by atoms with Crippen molar-refractivity contribution in [3.8, 4) is 0 Å². The van der Waals surface area contributed by atoms with E-state index in [1.54, 1.807) is 25.4 Å². The highest BCUT2D eigenvalue weighted by atomic mass is 16.1. The summed E-state index contributed by atoms with van der Waals surface area (Å²) in [4.78, 5) is 18.9. The second-order valence-electron chi connectivity index (χ2n) is 4.72. The lowest BCUT2D eigenvalue weighted by molar-refractivity contribution is 0.0963. The van der Waals surface area contributed by atoms with Crippen molar-refractivity contribution in [3.63, 3.8) is 0 Å². The third-order valence-electron chi connectivity index (χ3n) is 3.39. The molecule has 2 aromatic heterocycles. The van der Waals surface area contributed by atoms with Gasteiger partial charge in [0.05, 0.1) is 0 Å². The first-order chi connectivity index (χ1) is 10.3. The van der Waals surface area contributed by atoms with Crippen LogP contribution >= 0.6 is 0 Å². The minimum Gasteiger partial charge on any atom is -0.381 e. The van der Waals surface area contributed by atoms with Crippen molar-refractivity contribution in [2.75, 3.05) is 12.4 Å². The number of anilines is 1. The van der Waals surface area contributed by atoms with E-state index in [1.165, 1.54) is 0 Å². The van der Waals surface area contributed by atoms with Crippen LogP contribution in [0.15, 0.2) is 48.8 Å². The van der Waals surface area contributed by atoms with Gasteiger partial charge in [-0.05, 0) is 42.0 Å². The van der Waals surface area contributed by atoms with Crippen LogP contribution < -0.4 is 10.6 Å². The molecule has 1 amide bonds. The van der Waals surface area contributed by atoms with Crippen LogP contribution in [0.25, 0.3) is 11.0 Å². The molecule has 0 bridgehead atoms. The Bertz CT molecular complexity index is 761. The molecule has 0 saturated carbocycles. The van der Waals surface area contributed by atoms with Crippen molar-refractivity contribution >= 4 is 22.6 Å². The summed E-state index contributed by atoms with van der Waals surface area (Å²) in [5.74, 6) is -0.0794. The summed E-state index contributed by atoms with van der Waals surface area (Å²) >= 11 is 0. The van der Waals surface area contributed by atoms with Gasteiger partial charge in [-0.15, -0.1) is 0 Å². The molecule has 3 aromatic rings. The number of pyridine rings is 1. The van der Waals surface area contributed by atoms with Gasteiger partial charge in [-0.25, -0.2) is 4.98 Å². The van der Waals surface area contributed by atoms with E-state index in [4.69, 9.17) is 0 Å². The van der Waals surface area contributed by atoms with Crippen LogP contribution in [0.2, 0.25) is 0 Å². The zero-order valence-electron chi connectivity index (χ0n) is 11.7. The zero-order valence-corrected chi connectivity index (χ0v) is 11.7. The van der Waals surface area contributed by atoms with Crippen LogP contribution in [0.3, 0.4) is 0 Å². The second-order valence-corrected chi connectivity index (χ2v) is 4.72. The lowest BCUT2D eigenvalue weighted by atomic mass is 10.2. The fraction of sp³-hybridized carbons (Fsp3) is 0.125. The highest BCUT2D eigenvalue weighted by molar-refractivity contribution is 5.94. The van der Waals surface area contributed by atoms with Crippen LogP contribution in [0.5, 0.6) is 0 Å². The van der Waals surface area contributed by atoms with Gasteiger partial charge in [0, 0.05) is 42.6 Å². The Balaban J connectivity index is 1.71. The van der Waals surface area contributed by atoms with Gasteiger partial charge in [-0.3, -0.25) is 4.79 Å². The van der Waals surface area contributed by atoms with E-state index in [9.17, 15) is 4.79 Å². The molecule has 0 saturated heterocycles. The Labute approximate surface area is 122 Å². The summed E-state index contributed by atoms with van der Waals surface area (Å²) in [7, 11) is 1.62. The molecule has 0 spiro atoms. The SMILES string of the molecule is CNC(=O)c1ccc(NCc2c[nH]c3ncccc23)cc1. The summed E-state index contributed by atoms with van der Waals surface area (Å²) in [6.07, 6.45) is 3.73. The van der Waals surface area contributed by atoms with Gasteiger partial charge in [-0.1, -0.05) is 0 Å². The molecule has 0 radical (unpaired) electrons. The third-order valence-corrected chi connectivity index (χ3v) is 3.39. The minimum atomic E-state index is -0.0794. The van der Waals surface area contributed by atoms with E-state index < -0.39 is 0 Å². The average molecular weight is 280 g/mol. The number of hydrogen-bond acceptors (Lipinski definition) is 3. The molecular formula is C16H16N4O. The molecule has 0 atom stereocenters.